The molecule has 190 valence electrons. The highest BCUT2D eigenvalue weighted by molar-refractivity contribution is 5.68. The Bertz CT molecular complexity index is 643. The molecule has 3 unspecified atom stereocenters. The fraction of sp³-hybridized carbons (Fsp3) is 0.800. The van der Waals surface area contributed by atoms with Crippen LogP contribution < -0.4 is 5.73 Å². The number of carbonyl (C=O) groups is 4. The standard InChI is InChI=1S/C20H33NO12/c1-12(22)29-11-16-17(30-13(2)23)18(31-14(3)24)19(32-15(4)25)20(33-16)28-10-9-27-8-7-26-6-5-21/h16-20H,5-11,21H2,1-4H3/t16?,17-,18?,19?,20+/m1/s1. The summed E-state index contributed by atoms with van der Waals surface area (Å²) in [5.74, 6) is -2.74. The van der Waals surface area contributed by atoms with Crippen molar-refractivity contribution in [2.24, 2.45) is 5.73 Å². The maximum atomic E-state index is 11.8. The molecule has 5 atom stereocenters. The first-order valence-electron chi connectivity index (χ1n) is 10.4. The average Bonchev–Trinajstić information content (AvgIpc) is 2.71. The quantitative estimate of drug-likeness (QED) is 0.185. The molecule has 1 heterocycles. The van der Waals surface area contributed by atoms with Crippen molar-refractivity contribution >= 4 is 23.9 Å². The maximum absolute atomic E-state index is 11.8. The molecule has 13 heteroatoms. The molecule has 0 amide bonds. The molecule has 2 N–H and O–H groups in total. The average molecular weight is 479 g/mol. The van der Waals surface area contributed by atoms with E-state index in [1.165, 1.54) is 6.92 Å². The van der Waals surface area contributed by atoms with Gasteiger partial charge in [-0.2, -0.15) is 0 Å². The molecule has 0 aromatic rings. The molecule has 0 aromatic carbocycles. The molecule has 13 nitrogen and oxygen atoms in total. The van der Waals surface area contributed by atoms with Crippen molar-refractivity contribution in [1.29, 1.82) is 0 Å². The Balaban J connectivity index is 2.95. The van der Waals surface area contributed by atoms with E-state index in [0.29, 0.717) is 26.4 Å². The highest BCUT2D eigenvalue weighted by Crippen LogP contribution is 2.29. The summed E-state index contributed by atoms with van der Waals surface area (Å²) in [5, 5.41) is 0. The van der Waals surface area contributed by atoms with E-state index in [1.807, 2.05) is 0 Å². The third-order valence-electron chi connectivity index (χ3n) is 4.09. The Hall–Kier alpha value is -2.32. The molecule has 33 heavy (non-hydrogen) atoms. The molecule has 1 saturated heterocycles. The van der Waals surface area contributed by atoms with Crippen LogP contribution in [0.4, 0.5) is 0 Å². The van der Waals surface area contributed by atoms with Crippen LogP contribution >= 0.6 is 0 Å². The highest BCUT2D eigenvalue weighted by atomic mass is 16.7. The molecule has 0 radical (unpaired) electrons. The summed E-state index contributed by atoms with van der Waals surface area (Å²) in [7, 11) is 0. The number of hydrogen-bond donors (Lipinski definition) is 1. The van der Waals surface area contributed by atoms with Gasteiger partial charge >= 0.3 is 23.9 Å². The zero-order valence-electron chi connectivity index (χ0n) is 19.3. The third-order valence-corrected chi connectivity index (χ3v) is 4.09. The second-order valence-electron chi connectivity index (χ2n) is 6.95. The molecular formula is C20H33NO12. The van der Waals surface area contributed by atoms with Crippen LogP contribution in [-0.4, -0.2) is 101 Å². The summed E-state index contributed by atoms with van der Waals surface area (Å²) in [6, 6.07) is 0. The fourth-order valence-corrected chi connectivity index (χ4v) is 2.95. The van der Waals surface area contributed by atoms with Crippen LogP contribution in [0.15, 0.2) is 0 Å². The summed E-state index contributed by atoms with van der Waals surface area (Å²) >= 11 is 0. The van der Waals surface area contributed by atoms with E-state index in [0.717, 1.165) is 20.8 Å². The van der Waals surface area contributed by atoms with Gasteiger partial charge in [-0.15, -0.1) is 0 Å². The first kappa shape index (κ1) is 28.7. The van der Waals surface area contributed by atoms with Gasteiger partial charge in [-0.25, -0.2) is 0 Å². The highest BCUT2D eigenvalue weighted by Gasteiger charge is 2.52. The van der Waals surface area contributed by atoms with Crippen molar-refractivity contribution in [3.63, 3.8) is 0 Å². The van der Waals surface area contributed by atoms with Crippen LogP contribution in [0.25, 0.3) is 0 Å². The van der Waals surface area contributed by atoms with Gasteiger partial charge in [-0.1, -0.05) is 0 Å². The summed E-state index contributed by atoms with van der Waals surface area (Å²) in [6.45, 7) is 5.97. The van der Waals surface area contributed by atoms with Crippen molar-refractivity contribution in [1.82, 2.24) is 0 Å². The normalized spacial score (nSPS) is 24.6. The van der Waals surface area contributed by atoms with Crippen molar-refractivity contribution in [2.75, 3.05) is 46.2 Å². The lowest BCUT2D eigenvalue weighted by atomic mass is 9.98. The zero-order chi connectivity index (χ0) is 24.8. The van der Waals surface area contributed by atoms with Crippen LogP contribution in [0.1, 0.15) is 27.7 Å². The summed E-state index contributed by atoms with van der Waals surface area (Å²) in [5.41, 5.74) is 5.33. The van der Waals surface area contributed by atoms with Crippen LogP contribution in [0.3, 0.4) is 0 Å². The Labute approximate surface area is 192 Å². The van der Waals surface area contributed by atoms with Gasteiger partial charge in [-0.05, 0) is 0 Å². The monoisotopic (exact) mass is 479 g/mol. The number of nitrogens with two attached hydrogens (primary N) is 1. The lowest BCUT2D eigenvalue weighted by Gasteiger charge is -2.44. The minimum absolute atomic E-state index is 0.0185. The third kappa shape index (κ3) is 11.4. The van der Waals surface area contributed by atoms with Gasteiger partial charge in [0, 0.05) is 34.2 Å². The van der Waals surface area contributed by atoms with E-state index in [9.17, 15) is 19.2 Å². The summed E-state index contributed by atoms with van der Waals surface area (Å²) < 4.78 is 42.9. The van der Waals surface area contributed by atoms with Crippen molar-refractivity contribution < 1.29 is 57.1 Å². The molecule has 0 bridgehead atoms. The molecule has 1 fully saturated rings. The van der Waals surface area contributed by atoms with Gasteiger partial charge in [0.1, 0.15) is 12.7 Å². The van der Waals surface area contributed by atoms with E-state index < -0.39 is 54.6 Å². The van der Waals surface area contributed by atoms with E-state index in [1.54, 1.807) is 0 Å². The van der Waals surface area contributed by atoms with Gasteiger partial charge < -0.3 is 43.6 Å². The maximum Gasteiger partial charge on any atom is 0.303 e. The zero-order valence-corrected chi connectivity index (χ0v) is 19.3. The van der Waals surface area contributed by atoms with E-state index in [4.69, 9.17) is 43.6 Å². The second kappa shape index (κ2) is 15.5. The molecule has 0 aliphatic carbocycles. The minimum Gasteiger partial charge on any atom is -0.463 e. The molecule has 0 saturated carbocycles. The minimum atomic E-state index is -1.28. The molecule has 1 aliphatic heterocycles. The van der Waals surface area contributed by atoms with Crippen molar-refractivity contribution in [2.45, 2.75) is 58.4 Å². The van der Waals surface area contributed by atoms with Crippen LogP contribution in [-0.2, 0) is 57.1 Å². The predicted octanol–water partition coefficient (Wildman–Crippen LogP) is -0.922. The first-order chi connectivity index (χ1) is 15.6. The second-order valence-corrected chi connectivity index (χ2v) is 6.95. The molecule has 1 aliphatic rings. The van der Waals surface area contributed by atoms with Crippen LogP contribution in [0.2, 0.25) is 0 Å². The van der Waals surface area contributed by atoms with Crippen LogP contribution in [0, 0.1) is 0 Å². The smallest absolute Gasteiger partial charge is 0.303 e. The van der Waals surface area contributed by atoms with E-state index >= 15 is 0 Å². The lowest BCUT2D eigenvalue weighted by molar-refractivity contribution is -0.309. The van der Waals surface area contributed by atoms with E-state index in [-0.39, 0.29) is 19.8 Å². The van der Waals surface area contributed by atoms with Gasteiger partial charge in [0.05, 0.1) is 33.0 Å². The Morgan fingerprint density at radius 3 is 1.76 bits per heavy atom. The van der Waals surface area contributed by atoms with Gasteiger partial charge in [0.2, 0.25) is 0 Å². The predicted molar refractivity (Wildman–Crippen MR) is 109 cm³/mol. The fourth-order valence-electron chi connectivity index (χ4n) is 2.95. The molecule has 0 aromatic heterocycles. The topological polar surface area (TPSA) is 168 Å². The number of hydrogen-bond acceptors (Lipinski definition) is 13. The number of ether oxygens (including phenoxy) is 8. The van der Waals surface area contributed by atoms with Gasteiger partial charge in [-0.3, -0.25) is 19.2 Å². The van der Waals surface area contributed by atoms with Gasteiger partial charge in [0.15, 0.2) is 24.6 Å². The number of carbonyl (C=O) groups excluding carboxylic acids is 4. The molecule has 1 rings (SSSR count). The van der Waals surface area contributed by atoms with Gasteiger partial charge in [0.25, 0.3) is 0 Å². The van der Waals surface area contributed by atoms with Crippen molar-refractivity contribution in [3.8, 4) is 0 Å². The number of rotatable bonds is 14. The van der Waals surface area contributed by atoms with Crippen LogP contribution in [0.5, 0.6) is 0 Å². The molecule has 0 spiro atoms. The SMILES string of the molecule is CC(=O)OCC1O[C@H](OCCOCCOCCN)C(OC(C)=O)C(OC(C)=O)[C@@H]1OC(C)=O. The van der Waals surface area contributed by atoms with E-state index in [2.05, 4.69) is 0 Å². The Morgan fingerprint density at radius 2 is 1.21 bits per heavy atom. The summed E-state index contributed by atoms with van der Waals surface area (Å²) in [6.07, 6.45) is -6.07. The molecular weight excluding hydrogens is 446 g/mol. The lowest BCUT2D eigenvalue weighted by Crippen LogP contribution is -2.63. The largest absolute Gasteiger partial charge is 0.463 e. The number of esters is 4. The Morgan fingerprint density at radius 1 is 0.697 bits per heavy atom. The van der Waals surface area contributed by atoms with Crippen molar-refractivity contribution in [3.05, 3.63) is 0 Å². The first-order valence-corrected chi connectivity index (χ1v) is 10.4. The Kier molecular flexibility index (Phi) is 13.5. The summed E-state index contributed by atoms with van der Waals surface area (Å²) in [4.78, 5) is 46.4.